The largest absolute Gasteiger partial charge is 0.481 e. The molecule has 0 aromatic rings. The number of carboxylic acid groups (broad SMARTS) is 1. The van der Waals surface area contributed by atoms with E-state index in [9.17, 15) is 9.90 Å². The molecule has 2 unspecified atom stereocenters. The highest BCUT2D eigenvalue weighted by Crippen LogP contribution is 2.32. The third kappa shape index (κ3) is 2.97. The van der Waals surface area contributed by atoms with Crippen molar-refractivity contribution in [3.63, 3.8) is 0 Å². The van der Waals surface area contributed by atoms with Gasteiger partial charge in [-0.05, 0) is 32.7 Å². The first-order valence-corrected chi connectivity index (χ1v) is 6.51. The Bertz CT molecular complexity index is 242. The summed E-state index contributed by atoms with van der Waals surface area (Å²) < 4.78 is 0. The van der Waals surface area contributed by atoms with Crippen molar-refractivity contribution in [2.45, 2.75) is 58.9 Å². The zero-order chi connectivity index (χ0) is 12.2. The molecule has 0 spiro atoms. The Kier molecular flexibility index (Phi) is 4.78. The average molecular weight is 227 g/mol. The van der Waals surface area contributed by atoms with Crippen molar-refractivity contribution in [1.82, 2.24) is 4.90 Å². The lowest BCUT2D eigenvalue weighted by molar-refractivity contribution is -0.147. The molecule has 94 valence electrons. The van der Waals surface area contributed by atoms with Gasteiger partial charge in [0.05, 0.1) is 5.41 Å². The molecule has 3 heteroatoms. The first-order chi connectivity index (χ1) is 7.53. The van der Waals surface area contributed by atoms with Gasteiger partial charge >= 0.3 is 5.97 Å². The van der Waals surface area contributed by atoms with Gasteiger partial charge in [0.1, 0.15) is 0 Å². The maximum atomic E-state index is 11.2. The molecule has 0 aliphatic carbocycles. The molecule has 1 fully saturated rings. The molecule has 0 saturated carbocycles. The van der Waals surface area contributed by atoms with Gasteiger partial charge in [-0.25, -0.2) is 0 Å². The van der Waals surface area contributed by atoms with Crippen LogP contribution in [0.4, 0.5) is 0 Å². The smallest absolute Gasteiger partial charge is 0.310 e. The van der Waals surface area contributed by atoms with Gasteiger partial charge in [0.15, 0.2) is 0 Å². The zero-order valence-corrected chi connectivity index (χ0v) is 10.8. The van der Waals surface area contributed by atoms with Crippen molar-refractivity contribution in [2.24, 2.45) is 5.41 Å². The number of carboxylic acids is 1. The van der Waals surface area contributed by atoms with Crippen LogP contribution in [-0.4, -0.2) is 35.1 Å². The van der Waals surface area contributed by atoms with Crippen molar-refractivity contribution < 1.29 is 9.90 Å². The van der Waals surface area contributed by atoms with E-state index in [1.807, 2.05) is 6.92 Å². The third-order valence-electron chi connectivity index (χ3n) is 3.90. The number of rotatable bonds is 6. The molecule has 0 bridgehead atoms. The first kappa shape index (κ1) is 13.5. The van der Waals surface area contributed by atoms with E-state index in [1.54, 1.807) is 0 Å². The number of likely N-dealkylation sites (tertiary alicyclic amines) is 1. The summed E-state index contributed by atoms with van der Waals surface area (Å²) in [4.78, 5) is 13.5. The van der Waals surface area contributed by atoms with Crippen LogP contribution in [0.3, 0.4) is 0 Å². The molecule has 1 rings (SSSR count). The van der Waals surface area contributed by atoms with Gasteiger partial charge in [-0.15, -0.1) is 0 Å². The molecule has 1 aliphatic rings. The van der Waals surface area contributed by atoms with Crippen LogP contribution in [0, 0.1) is 5.41 Å². The number of aliphatic carboxylic acids is 1. The number of unbranched alkanes of at least 4 members (excludes halogenated alkanes) is 1. The van der Waals surface area contributed by atoms with E-state index < -0.39 is 11.4 Å². The molecule has 0 amide bonds. The van der Waals surface area contributed by atoms with Crippen LogP contribution in [0.2, 0.25) is 0 Å². The number of hydrogen-bond acceptors (Lipinski definition) is 2. The van der Waals surface area contributed by atoms with E-state index in [0.717, 1.165) is 25.9 Å². The minimum atomic E-state index is -0.639. The predicted octanol–water partition coefficient (Wildman–Crippen LogP) is 2.75. The number of carbonyl (C=O) groups is 1. The minimum Gasteiger partial charge on any atom is -0.481 e. The Labute approximate surface area is 98.8 Å². The Morgan fingerprint density at radius 1 is 1.50 bits per heavy atom. The van der Waals surface area contributed by atoms with Gasteiger partial charge in [0, 0.05) is 12.6 Å². The normalized spacial score (nSPS) is 28.2. The lowest BCUT2D eigenvalue weighted by Crippen LogP contribution is -2.37. The summed E-state index contributed by atoms with van der Waals surface area (Å²) in [5.41, 5.74) is -0.514. The number of nitrogens with zero attached hydrogens (tertiary/aromatic N) is 1. The van der Waals surface area contributed by atoms with Gasteiger partial charge in [0.2, 0.25) is 0 Å². The molecule has 2 atom stereocenters. The summed E-state index contributed by atoms with van der Waals surface area (Å²) in [5, 5.41) is 9.19. The van der Waals surface area contributed by atoms with Crippen LogP contribution in [-0.2, 0) is 4.79 Å². The summed E-state index contributed by atoms with van der Waals surface area (Å²) in [6.45, 7) is 7.96. The van der Waals surface area contributed by atoms with E-state index in [0.29, 0.717) is 6.04 Å². The minimum absolute atomic E-state index is 0.514. The van der Waals surface area contributed by atoms with Crippen LogP contribution >= 0.6 is 0 Å². The van der Waals surface area contributed by atoms with Gasteiger partial charge in [-0.1, -0.05) is 26.7 Å². The summed E-state index contributed by atoms with van der Waals surface area (Å²) >= 11 is 0. The van der Waals surface area contributed by atoms with E-state index in [4.69, 9.17) is 0 Å². The molecule has 16 heavy (non-hydrogen) atoms. The maximum absolute atomic E-state index is 11.2. The second-order valence-corrected chi connectivity index (χ2v) is 5.29. The second-order valence-electron chi connectivity index (χ2n) is 5.29. The topological polar surface area (TPSA) is 40.5 Å². The lowest BCUT2D eigenvalue weighted by atomic mass is 9.90. The Balaban J connectivity index is 2.53. The average Bonchev–Trinajstić information content (AvgIpc) is 2.64. The molecule has 1 aliphatic heterocycles. The monoisotopic (exact) mass is 227 g/mol. The van der Waals surface area contributed by atoms with Crippen LogP contribution in [0.15, 0.2) is 0 Å². The van der Waals surface area contributed by atoms with Gasteiger partial charge in [-0.2, -0.15) is 0 Å². The fourth-order valence-corrected chi connectivity index (χ4v) is 2.57. The molecular formula is C13H25NO2. The molecule has 1 saturated heterocycles. The predicted molar refractivity (Wildman–Crippen MR) is 65.5 cm³/mol. The standard InChI is InChI=1S/C13H25NO2/c1-4-6-7-11(5-2)14-9-8-13(3,10-14)12(15)16/h11H,4-10H2,1-3H3,(H,15,16). The van der Waals surface area contributed by atoms with E-state index in [2.05, 4.69) is 18.7 Å². The van der Waals surface area contributed by atoms with Crippen LogP contribution in [0.5, 0.6) is 0 Å². The van der Waals surface area contributed by atoms with E-state index >= 15 is 0 Å². The number of hydrogen-bond donors (Lipinski definition) is 1. The fourth-order valence-electron chi connectivity index (χ4n) is 2.57. The Morgan fingerprint density at radius 2 is 2.19 bits per heavy atom. The SMILES string of the molecule is CCCCC(CC)N1CCC(C)(C(=O)O)C1. The highest BCUT2D eigenvalue weighted by atomic mass is 16.4. The summed E-state index contributed by atoms with van der Waals surface area (Å²) in [7, 11) is 0. The molecule has 1 heterocycles. The maximum Gasteiger partial charge on any atom is 0.310 e. The van der Waals surface area contributed by atoms with Gasteiger partial charge in [0.25, 0.3) is 0 Å². The second kappa shape index (κ2) is 5.67. The zero-order valence-electron chi connectivity index (χ0n) is 10.8. The first-order valence-electron chi connectivity index (χ1n) is 6.51. The van der Waals surface area contributed by atoms with Crippen LogP contribution < -0.4 is 0 Å². The molecule has 0 aromatic heterocycles. The summed E-state index contributed by atoms with van der Waals surface area (Å²) in [6, 6.07) is 0.584. The van der Waals surface area contributed by atoms with Gasteiger partial charge in [-0.3, -0.25) is 9.69 Å². The van der Waals surface area contributed by atoms with Crippen molar-refractivity contribution in [3.05, 3.63) is 0 Å². The van der Waals surface area contributed by atoms with E-state index in [-0.39, 0.29) is 0 Å². The van der Waals surface area contributed by atoms with E-state index in [1.165, 1.54) is 19.3 Å². The highest BCUT2D eigenvalue weighted by molar-refractivity contribution is 5.74. The van der Waals surface area contributed by atoms with Crippen molar-refractivity contribution in [2.75, 3.05) is 13.1 Å². The molecule has 0 aromatic carbocycles. The van der Waals surface area contributed by atoms with Crippen LogP contribution in [0.1, 0.15) is 52.9 Å². The fraction of sp³-hybridized carbons (Fsp3) is 0.923. The van der Waals surface area contributed by atoms with Crippen molar-refractivity contribution in [3.8, 4) is 0 Å². The third-order valence-corrected chi connectivity index (χ3v) is 3.90. The summed E-state index contributed by atoms with van der Waals surface area (Å²) in [6.07, 6.45) is 5.61. The Morgan fingerprint density at radius 3 is 2.62 bits per heavy atom. The quantitative estimate of drug-likeness (QED) is 0.758. The van der Waals surface area contributed by atoms with Crippen molar-refractivity contribution >= 4 is 5.97 Å². The van der Waals surface area contributed by atoms with Gasteiger partial charge < -0.3 is 5.11 Å². The summed E-state index contributed by atoms with van der Waals surface area (Å²) in [5.74, 6) is -0.639. The molecular weight excluding hydrogens is 202 g/mol. The molecule has 0 radical (unpaired) electrons. The molecule has 1 N–H and O–H groups in total. The molecule has 3 nitrogen and oxygen atoms in total. The van der Waals surface area contributed by atoms with Crippen LogP contribution in [0.25, 0.3) is 0 Å². The lowest BCUT2D eigenvalue weighted by Gasteiger charge is -2.28. The highest BCUT2D eigenvalue weighted by Gasteiger charge is 2.41. The van der Waals surface area contributed by atoms with Crippen molar-refractivity contribution in [1.29, 1.82) is 0 Å². The Hall–Kier alpha value is -0.570.